The number of benzene rings is 1. The van der Waals surface area contributed by atoms with Gasteiger partial charge in [-0.3, -0.25) is 4.79 Å². The first-order valence-electron chi connectivity index (χ1n) is 7.71. The molecular formula is C17H26N2O. The molecule has 3 nitrogen and oxygen atoms in total. The van der Waals surface area contributed by atoms with Crippen LogP contribution in [0.25, 0.3) is 0 Å². The second-order valence-corrected chi connectivity index (χ2v) is 6.08. The van der Waals surface area contributed by atoms with Crippen LogP contribution >= 0.6 is 0 Å². The van der Waals surface area contributed by atoms with E-state index in [4.69, 9.17) is 0 Å². The van der Waals surface area contributed by atoms with E-state index >= 15 is 0 Å². The molecule has 2 rings (SSSR count). The van der Waals surface area contributed by atoms with Gasteiger partial charge in [0.1, 0.15) is 0 Å². The van der Waals surface area contributed by atoms with E-state index in [2.05, 4.69) is 17.6 Å². The molecule has 0 radical (unpaired) electrons. The Bertz CT molecular complexity index is 433. The molecule has 0 heterocycles. The summed E-state index contributed by atoms with van der Waals surface area (Å²) in [7, 11) is 0. The van der Waals surface area contributed by atoms with Gasteiger partial charge in [0, 0.05) is 12.2 Å². The minimum absolute atomic E-state index is 0.0399. The first-order valence-corrected chi connectivity index (χ1v) is 7.71. The van der Waals surface area contributed by atoms with Crippen molar-refractivity contribution in [1.29, 1.82) is 0 Å². The van der Waals surface area contributed by atoms with Crippen LogP contribution in [-0.2, 0) is 4.79 Å². The summed E-state index contributed by atoms with van der Waals surface area (Å²) in [6, 6.07) is 7.90. The second kappa shape index (κ2) is 6.89. The predicted octanol–water partition coefficient (Wildman–Crippen LogP) is 3.49. The zero-order valence-corrected chi connectivity index (χ0v) is 12.7. The third kappa shape index (κ3) is 4.07. The molecule has 0 atom stereocenters. The maximum atomic E-state index is 11.9. The van der Waals surface area contributed by atoms with Crippen LogP contribution in [-0.4, -0.2) is 19.0 Å². The van der Waals surface area contributed by atoms with Gasteiger partial charge < -0.3 is 10.6 Å². The molecule has 1 saturated carbocycles. The monoisotopic (exact) mass is 274 g/mol. The van der Waals surface area contributed by atoms with Crippen LogP contribution in [0.1, 0.15) is 44.6 Å². The van der Waals surface area contributed by atoms with Crippen LogP contribution in [0.5, 0.6) is 0 Å². The zero-order chi connectivity index (χ0) is 14.4. The zero-order valence-electron chi connectivity index (χ0n) is 12.7. The van der Waals surface area contributed by atoms with E-state index in [0.717, 1.165) is 12.2 Å². The number of aryl methyl sites for hydroxylation is 1. The Labute approximate surface area is 122 Å². The van der Waals surface area contributed by atoms with E-state index < -0.39 is 0 Å². The van der Waals surface area contributed by atoms with Crippen LogP contribution in [0.15, 0.2) is 24.3 Å². The average molecular weight is 274 g/mol. The van der Waals surface area contributed by atoms with Gasteiger partial charge in [-0.2, -0.15) is 0 Å². The van der Waals surface area contributed by atoms with E-state index in [-0.39, 0.29) is 5.91 Å². The Kier molecular flexibility index (Phi) is 5.18. The first kappa shape index (κ1) is 15.0. The van der Waals surface area contributed by atoms with Crippen molar-refractivity contribution >= 4 is 11.6 Å². The van der Waals surface area contributed by atoms with Crippen molar-refractivity contribution in [2.24, 2.45) is 5.41 Å². The van der Waals surface area contributed by atoms with Gasteiger partial charge in [0.2, 0.25) is 5.91 Å². The fourth-order valence-electron chi connectivity index (χ4n) is 3.06. The third-order valence-electron chi connectivity index (χ3n) is 4.54. The highest BCUT2D eigenvalue weighted by molar-refractivity contribution is 5.92. The van der Waals surface area contributed by atoms with Crippen molar-refractivity contribution in [3.8, 4) is 0 Å². The van der Waals surface area contributed by atoms with E-state index in [1.807, 2.05) is 31.2 Å². The normalized spacial score (nSPS) is 17.1. The fourth-order valence-corrected chi connectivity index (χ4v) is 3.06. The van der Waals surface area contributed by atoms with E-state index in [1.165, 1.54) is 37.7 Å². The Hall–Kier alpha value is -1.35. The number of hydrogen-bond acceptors (Lipinski definition) is 2. The molecule has 0 aliphatic heterocycles. The van der Waals surface area contributed by atoms with Gasteiger partial charge in [-0.1, -0.05) is 37.5 Å². The Morgan fingerprint density at radius 1 is 1.20 bits per heavy atom. The molecule has 0 spiro atoms. The molecule has 0 saturated heterocycles. The molecular weight excluding hydrogens is 248 g/mol. The first-order chi connectivity index (χ1) is 9.63. The van der Waals surface area contributed by atoms with E-state index in [1.54, 1.807) is 0 Å². The predicted molar refractivity (Wildman–Crippen MR) is 83.9 cm³/mol. The summed E-state index contributed by atoms with van der Waals surface area (Å²) < 4.78 is 0. The maximum Gasteiger partial charge on any atom is 0.238 e. The van der Waals surface area contributed by atoms with Gasteiger partial charge in [-0.15, -0.1) is 0 Å². The molecule has 110 valence electrons. The summed E-state index contributed by atoms with van der Waals surface area (Å²) in [5, 5.41) is 6.26. The van der Waals surface area contributed by atoms with E-state index in [9.17, 15) is 4.79 Å². The molecule has 2 N–H and O–H groups in total. The van der Waals surface area contributed by atoms with Crippen molar-refractivity contribution in [1.82, 2.24) is 5.32 Å². The van der Waals surface area contributed by atoms with Gasteiger partial charge in [0.25, 0.3) is 0 Å². The Balaban J connectivity index is 1.73. The third-order valence-corrected chi connectivity index (χ3v) is 4.54. The van der Waals surface area contributed by atoms with Crippen molar-refractivity contribution in [2.75, 3.05) is 18.4 Å². The van der Waals surface area contributed by atoms with Crippen LogP contribution in [0.2, 0.25) is 0 Å². The van der Waals surface area contributed by atoms with Crippen molar-refractivity contribution < 1.29 is 4.79 Å². The highest BCUT2D eigenvalue weighted by Gasteiger charge is 2.31. The molecule has 20 heavy (non-hydrogen) atoms. The molecule has 1 aromatic carbocycles. The smallest absolute Gasteiger partial charge is 0.238 e. The number of anilines is 1. The summed E-state index contributed by atoms with van der Waals surface area (Å²) in [6.07, 6.45) is 6.49. The molecule has 0 bridgehead atoms. The largest absolute Gasteiger partial charge is 0.325 e. The van der Waals surface area contributed by atoms with Crippen LogP contribution in [0.3, 0.4) is 0 Å². The lowest BCUT2D eigenvalue weighted by Crippen LogP contribution is -2.36. The number of hydrogen-bond donors (Lipinski definition) is 2. The molecule has 1 amide bonds. The molecule has 1 aliphatic carbocycles. The molecule has 3 heteroatoms. The number of carbonyl (C=O) groups excluding carboxylic acids is 1. The molecule has 1 fully saturated rings. The van der Waals surface area contributed by atoms with Gasteiger partial charge in [-0.25, -0.2) is 0 Å². The number of nitrogens with one attached hydrogen (secondary N) is 2. The SMILES string of the molecule is CCC1(CNCC(=O)Nc2ccc(C)cc2)CCCC1. The van der Waals surface area contributed by atoms with Crippen molar-refractivity contribution in [3.63, 3.8) is 0 Å². The number of rotatable bonds is 6. The lowest BCUT2D eigenvalue weighted by Gasteiger charge is -2.27. The van der Waals surface area contributed by atoms with Crippen molar-refractivity contribution in [2.45, 2.75) is 46.0 Å². The van der Waals surface area contributed by atoms with Gasteiger partial charge in [0.15, 0.2) is 0 Å². The summed E-state index contributed by atoms with van der Waals surface area (Å²) in [5.41, 5.74) is 2.50. The Morgan fingerprint density at radius 2 is 1.85 bits per heavy atom. The van der Waals surface area contributed by atoms with E-state index in [0.29, 0.717) is 12.0 Å². The summed E-state index contributed by atoms with van der Waals surface area (Å²) in [5.74, 6) is 0.0399. The number of amides is 1. The van der Waals surface area contributed by atoms with Gasteiger partial charge in [-0.05, 0) is 43.7 Å². The maximum absolute atomic E-state index is 11.9. The summed E-state index contributed by atoms with van der Waals surface area (Å²) in [4.78, 5) is 11.9. The summed E-state index contributed by atoms with van der Waals surface area (Å²) in [6.45, 7) is 5.67. The Morgan fingerprint density at radius 3 is 2.45 bits per heavy atom. The fraction of sp³-hybridized carbons (Fsp3) is 0.588. The highest BCUT2D eigenvalue weighted by atomic mass is 16.1. The standard InChI is InChI=1S/C17H26N2O/c1-3-17(10-4-5-11-17)13-18-12-16(20)19-15-8-6-14(2)7-9-15/h6-9,18H,3-5,10-13H2,1-2H3,(H,19,20). The van der Waals surface area contributed by atoms with Crippen molar-refractivity contribution in [3.05, 3.63) is 29.8 Å². The minimum Gasteiger partial charge on any atom is -0.325 e. The molecule has 0 unspecified atom stereocenters. The second-order valence-electron chi connectivity index (χ2n) is 6.08. The summed E-state index contributed by atoms with van der Waals surface area (Å²) >= 11 is 0. The quantitative estimate of drug-likeness (QED) is 0.833. The minimum atomic E-state index is 0.0399. The highest BCUT2D eigenvalue weighted by Crippen LogP contribution is 2.40. The van der Waals surface area contributed by atoms with Gasteiger partial charge in [0.05, 0.1) is 6.54 Å². The topological polar surface area (TPSA) is 41.1 Å². The molecule has 1 aromatic rings. The van der Waals surface area contributed by atoms with Crippen LogP contribution in [0.4, 0.5) is 5.69 Å². The van der Waals surface area contributed by atoms with Crippen LogP contribution in [0, 0.1) is 12.3 Å². The molecule has 1 aliphatic rings. The average Bonchev–Trinajstić information content (AvgIpc) is 2.91. The lowest BCUT2D eigenvalue weighted by molar-refractivity contribution is -0.115. The van der Waals surface area contributed by atoms with Crippen LogP contribution < -0.4 is 10.6 Å². The lowest BCUT2D eigenvalue weighted by atomic mass is 9.83. The van der Waals surface area contributed by atoms with Gasteiger partial charge >= 0.3 is 0 Å². The number of carbonyl (C=O) groups is 1. The molecule has 0 aromatic heterocycles.